The summed E-state index contributed by atoms with van der Waals surface area (Å²) in [6.45, 7) is 0. The molecule has 0 rings (SSSR count). The molecule has 0 aliphatic heterocycles. The third kappa shape index (κ3) is 3.83. The maximum absolute atomic E-state index is 10.8. The van der Waals surface area contributed by atoms with Crippen LogP contribution in [-0.4, -0.2) is 58.6 Å². The van der Waals surface area contributed by atoms with E-state index in [1.807, 2.05) is 0 Å². The molecule has 3 N–H and O–H groups in total. The summed E-state index contributed by atoms with van der Waals surface area (Å²) in [6, 6.07) is 0. The third-order valence-electron chi connectivity index (χ3n) is 1.07. The van der Waals surface area contributed by atoms with Gasteiger partial charge in [0.25, 0.3) is 6.10 Å². The van der Waals surface area contributed by atoms with Crippen molar-refractivity contribution in [2.75, 3.05) is 14.1 Å². The largest absolute Gasteiger partial charge is 0.630 e. The maximum atomic E-state index is 10.8. The predicted molar refractivity (Wildman–Crippen MR) is 39.4 cm³/mol. The number of aliphatic hydroxyl groups is 2. The zero-order valence-electron chi connectivity index (χ0n) is 7.17. The Morgan fingerprint density at radius 3 is 2.15 bits per heavy atom. The molecule has 0 saturated heterocycles. The van der Waals surface area contributed by atoms with Crippen LogP contribution in [0.25, 0.3) is 0 Å². The van der Waals surface area contributed by atoms with Crippen LogP contribution in [0.15, 0.2) is 0 Å². The van der Waals surface area contributed by atoms with Gasteiger partial charge in [-0.25, -0.2) is 4.79 Å². The third-order valence-corrected chi connectivity index (χ3v) is 1.07. The Morgan fingerprint density at radius 1 is 1.38 bits per heavy atom. The molecule has 0 aliphatic carbocycles. The predicted octanol–water partition coefficient (Wildman–Crippen LogP) is -2.19. The number of carboxylic acid groups (broad SMARTS) is 1. The van der Waals surface area contributed by atoms with Crippen LogP contribution in [0.1, 0.15) is 0 Å². The average Bonchev–Trinajstić information content (AvgIpc) is 2.00. The van der Waals surface area contributed by atoms with E-state index in [2.05, 4.69) is 4.84 Å². The van der Waals surface area contributed by atoms with E-state index in [0.717, 1.165) is 5.06 Å². The van der Waals surface area contributed by atoms with Crippen LogP contribution in [0.5, 0.6) is 0 Å². The number of nitrogens with zero attached hydrogens (tertiary/aromatic N) is 1. The molecule has 0 bridgehead atoms. The van der Waals surface area contributed by atoms with Gasteiger partial charge in [-0.05, 0) is 5.06 Å². The van der Waals surface area contributed by atoms with E-state index in [1.165, 1.54) is 14.1 Å². The molecule has 7 nitrogen and oxygen atoms in total. The van der Waals surface area contributed by atoms with E-state index in [0.29, 0.717) is 0 Å². The molecule has 0 heterocycles. The minimum Gasteiger partial charge on any atom is -0.479 e. The first-order chi connectivity index (χ1) is 5.86. The number of carboxylic acids is 1. The van der Waals surface area contributed by atoms with Gasteiger partial charge in [0.05, 0.1) is 4.79 Å². The number of carbonyl (C=O) groups excluding carboxylic acids is 1. The van der Waals surface area contributed by atoms with Crippen molar-refractivity contribution in [3.8, 4) is 0 Å². The fraction of sp³-hybridized carbons (Fsp3) is 0.667. The van der Waals surface area contributed by atoms with Crippen molar-refractivity contribution in [1.82, 2.24) is 5.06 Å². The zero-order valence-corrected chi connectivity index (χ0v) is 7.17. The Hall–Kier alpha value is -1.18. The van der Waals surface area contributed by atoms with E-state index in [-0.39, 0.29) is 0 Å². The number of hydrogen-bond acceptors (Lipinski definition) is 6. The lowest BCUT2D eigenvalue weighted by Crippen LogP contribution is -2.42. The summed E-state index contributed by atoms with van der Waals surface area (Å²) >= 11 is 0. The lowest BCUT2D eigenvalue weighted by Gasteiger charge is -2.06. The highest BCUT2D eigenvalue weighted by Crippen LogP contribution is 1.97. The summed E-state index contributed by atoms with van der Waals surface area (Å²) in [4.78, 5) is 25.2. The summed E-state index contributed by atoms with van der Waals surface area (Å²) in [7, 11) is 2.75. The monoisotopic (exact) mass is 193 g/mol. The van der Waals surface area contributed by atoms with E-state index in [4.69, 9.17) is 15.3 Å². The number of aliphatic hydroxyl groups excluding tert-OH is 2. The normalized spacial score (nSPS) is 15.2. The molecule has 0 aliphatic rings. The Balaban J connectivity index is 4.17. The van der Waals surface area contributed by atoms with Gasteiger partial charge in [-0.2, -0.15) is 4.84 Å². The highest BCUT2D eigenvalue weighted by Gasteiger charge is 2.41. The van der Waals surface area contributed by atoms with Crippen LogP contribution < -0.4 is 0 Å². The summed E-state index contributed by atoms with van der Waals surface area (Å²) in [5, 5.41) is 26.8. The van der Waals surface area contributed by atoms with Gasteiger partial charge in [0.1, 0.15) is 0 Å². The molecule has 0 aromatic carbocycles. The summed E-state index contributed by atoms with van der Waals surface area (Å²) < 4.78 is 0. The molecule has 1 radical (unpaired) electrons. The minimum atomic E-state index is -2.17. The van der Waals surface area contributed by atoms with Gasteiger partial charge in [-0.15, -0.1) is 0 Å². The second-order valence-electron chi connectivity index (χ2n) is 2.45. The first-order valence-electron chi connectivity index (χ1n) is 3.34. The van der Waals surface area contributed by atoms with Crippen LogP contribution in [-0.2, 0) is 14.4 Å². The fourth-order valence-corrected chi connectivity index (χ4v) is 0.498. The van der Waals surface area contributed by atoms with Crippen LogP contribution in [0.3, 0.4) is 0 Å². The standard InChI is InChI=1S/C6H11NO6/c1-7(2)13-6(12)4(9)3(8)5(10)11/h3-4,8-9H,1-2H3,(H,10,11)/q+1/t3-,4-/m1/s1. The Kier molecular flexibility index (Phi) is 4.32. The van der Waals surface area contributed by atoms with Gasteiger partial charge < -0.3 is 15.3 Å². The van der Waals surface area contributed by atoms with Gasteiger partial charge in [-0.3, -0.25) is 0 Å². The first-order valence-corrected chi connectivity index (χ1v) is 3.34. The van der Waals surface area contributed by atoms with Crippen LogP contribution in [0.4, 0.5) is 0 Å². The van der Waals surface area contributed by atoms with Gasteiger partial charge in [-0.1, -0.05) is 0 Å². The number of hydrogen-bond donors (Lipinski definition) is 3. The molecule has 0 fully saturated rings. The van der Waals surface area contributed by atoms with Crippen molar-refractivity contribution in [3.05, 3.63) is 0 Å². The highest BCUT2D eigenvalue weighted by atomic mass is 16.7. The molecule has 13 heavy (non-hydrogen) atoms. The molecule has 0 aromatic rings. The summed E-state index contributed by atoms with van der Waals surface area (Å²) in [5.74, 6) is -2.91. The zero-order chi connectivity index (χ0) is 10.6. The van der Waals surface area contributed by atoms with E-state index in [1.54, 1.807) is 0 Å². The Morgan fingerprint density at radius 2 is 1.85 bits per heavy atom. The fourth-order valence-electron chi connectivity index (χ4n) is 0.498. The first kappa shape index (κ1) is 11.8. The molecule has 0 saturated carbocycles. The second kappa shape index (κ2) is 4.75. The van der Waals surface area contributed by atoms with Crippen molar-refractivity contribution in [2.24, 2.45) is 0 Å². The minimum absolute atomic E-state index is 0.972. The van der Waals surface area contributed by atoms with E-state index < -0.39 is 24.1 Å². The second-order valence-corrected chi connectivity index (χ2v) is 2.45. The van der Waals surface area contributed by atoms with Gasteiger partial charge in [0, 0.05) is 14.1 Å². The van der Waals surface area contributed by atoms with E-state index in [9.17, 15) is 9.59 Å². The number of carbonyl (C=O) groups is 2. The molecule has 2 atom stereocenters. The van der Waals surface area contributed by atoms with Crippen LogP contribution in [0.2, 0.25) is 0 Å². The topological polar surface area (TPSA) is 110 Å². The molecule has 7 heteroatoms. The maximum Gasteiger partial charge on any atom is 0.630 e. The lowest BCUT2D eigenvalue weighted by atomic mass is 10.2. The molecule has 0 aromatic heterocycles. The SMILES string of the molecule is CN(C)OC(=[O+])[C@H](O)[C@@H](O)C(=O)O. The van der Waals surface area contributed by atoms with Gasteiger partial charge in [0.15, 0.2) is 6.10 Å². The summed E-state index contributed by atoms with van der Waals surface area (Å²) in [6.07, 6.45) is -4.26. The quantitative estimate of drug-likeness (QED) is 0.343. The smallest absolute Gasteiger partial charge is 0.479 e. The molecule has 75 valence electrons. The van der Waals surface area contributed by atoms with Crippen molar-refractivity contribution in [3.63, 3.8) is 0 Å². The van der Waals surface area contributed by atoms with Crippen molar-refractivity contribution in [2.45, 2.75) is 12.2 Å². The molecule has 0 unspecified atom stereocenters. The van der Waals surface area contributed by atoms with Gasteiger partial charge in [0.2, 0.25) is 0 Å². The van der Waals surface area contributed by atoms with Crippen molar-refractivity contribution in [1.29, 1.82) is 0 Å². The van der Waals surface area contributed by atoms with Crippen LogP contribution in [0, 0.1) is 0 Å². The molecular weight excluding hydrogens is 182 g/mol. The molecular formula is C6H11NO6+. The number of aliphatic carboxylic acids is 1. The average molecular weight is 193 g/mol. The Bertz CT molecular complexity index is 203. The molecule has 0 amide bonds. The Labute approximate surface area is 74.1 Å². The van der Waals surface area contributed by atoms with Crippen molar-refractivity contribution >= 4 is 11.9 Å². The van der Waals surface area contributed by atoms with Crippen molar-refractivity contribution < 1.29 is 29.7 Å². The van der Waals surface area contributed by atoms with E-state index >= 15 is 0 Å². The van der Waals surface area contributed by atoms with Gasteiger partial charge >= 0.3 is 11.9 Å². The van der Waals surface area contributed by atoms with Crippen LogP contribution >= 0.6 is 0 Å². The molecule has 0 spiro atoms. The number of rotatable bonds is 4. The number of hydroxylamine groups is 2. The summed E-state index contributed by atoms with van der Waals surface area (Å²) in [5.41, 5.74) is 0. The highest BCUT2D eigenvalue weighted by molar-refractivity contribution is 5.84. The lowest BCUT2D eigenvalue weighted by molar-refractivity contribution is -0.196.